The monoisotopic (exact) mass is 369 g/mol. The minimum atomic E-state index is -1.29. The topological polar surface area (TPSA) is 102 Å². The van der Waals surface area contributed by atoms with Crippen LogP contribution in [0.25, 0.3) is 0 Å². The van der Waals surface area contributed by atoms with Crippen LogP contribution in [0.4, 0.5) is 10.5 Å². The molecule has 27 heavy (non-hydrogen) atoms. The lowest BCUT2D eigenvalue weighted by Crippen LogP contribution is -2.40. The van der Waals surface area contributed by atoms with Gasteiger partial charge in [-0.3, -0.25) is 19.8 Å². The van der Waals surface area contributed by atoms with Crippen LogP contribution in [-0.4, -0.2) is 28.9 Å². The van der Waals surface area contributed by atoms with Crippen molar-refractivity contribution in [2.45, 2.75) is 25.9 Å². The van der Waals surface area contributed by atoms with Crippen molar-refractivity contribution in [3.05, 3.63) is 69.3 Å². The number of urea groups is 1. The highest BCUT2D eigenvalue weighted by atomic mass is 16.6. The number of methoxy groups -OCH3 is 1. The number of non-ortho nitro benzene ring substituents is 1. The maximum absolute atomic E-state index is 13.0. The lowest BCUT2D eigenvalue weighted by atomic mass is 9.92. The zero-order valence-electron chi connectivity index (χ0n) is 15.2. The molecule has 0 aliphatic carbocycles. The number of carbonyl (C=O) groups is 2. The molecule has 0 aromatic heterocycles. The molecule has 0 unspecified atom stereocenters. The third kappa shape index (κ3) is 3.21. The Morgan fingerprint density at radius 3 is 2.44 bits per heavy atom. The summed E-state index contributed by atoms with van der Waals surface area (Å²) in [5.41, 5.74) is 0.805. The fourth-order valence-corrected chi connectivity index (χ4v) is 3.15. The lowest BCUT2D eigenvalue weighted by Gasteiger charge is -2.22. The summed E-state index contributed by atoms with van der Waals surface area (Å²) >= 11 is 0. The average Bonchev–Trinajstić information content (AvgIpc) is 2.86. The van der Waals surface area contributed by atoms with Crippen molar-refractivity contribution in [1.29, 1.82) is 0 Å². The van der Waals surface area contributed by atoms with E-state index in [9.17, 15) is 19.7 Å². The average molecular weight is 369 g/mol. The van der Waals surface area contributed by atoms with Crippen molar-refractivity contribution >= 4 is 17.6 Å². The van der Waals surface area contributed by atoms with Gasteiger partial charge < -0.3 is 10.1 Å². The molecule has 0 saturated carbocycles. The maximum atomic E-state index is 13.0. The molecule has 8 nitrogen and oxygen atoms in total. The smallest absolute Gasteiger partial charge is 0.325 e. The standard InChI is InChI=1S/C19H19N3O5/c1-12-4-9-16(27-3)13(10-12)11-21-17(23)19(2,20-18(21)24)14-5-7-15(8-6-14)22(25)26/h4-10H,11H2,1-3H3,(H,20,24)/t19-/m1/s1. The molecule has 140 valence electrons. The predicted octanol–water partition coefficient (Wildman–Crippen LogP) is 2.88. The summed E-state index contributed by atoms with van der Waals surface area (Å²) in [4.78, 5) is 36.9. The molecule has 0 spiro atoms. The Kier molecular flexibility index (Phi) is 4.57. The van der Waals surface area contributed by atoms with Gasteiger partial charge in [0.1, 0.15) is 11.3 Å². The van der Waals surface area contributed by atoms with Gasteiger partial charge in [0.25, 0.3) is 11.6 Å². The maximum Gasteiger partial charge on any atom is 0.325 e. The number of hydrogen-bond donors (Lipinski definition) is 1. The van der Waals surface area contributed by atoms with Crippen LogP contribution in [0.3, 0.4) is 0 Å². The van der Waals surface area contributed by atoms with E-state index in [2.05, 4.69) is 5.32 Å². The van der Waals surface area contributed by atoms with Gasteiger partial charge in [0.15, 0.2) is 0 Å². The van der Waals surface area contributed by atoms with Crippen molar-refractivity contribution in [2.75, 3.05) is 7.11 Å². The predicted molar refractivity (Wildman–Crippen MR) is 97.3 cm³/mol. The van der Waals surface area contributed by atoms with Crippen LogP contribution in [0.5, 0.6) is 5.75 Å². The number of ether oxygens (including phenoxy) is 1. The van der Waals surface area contributed by atoms with Gasteiger partial charge in [0.2, 0.25) is 0 Å². The Hall–Kier alpha value is -3.42. The molecule has 3 rings (SSSR count). The first-order valence-corrected chi connectivity index (χ1v) is 8.29. The van der Waals surface area contributed by atoms with E-state index in [1.54, 1.807) is 13.0 Å². The first kappa shape index (κ1) is 18.4. The number of aryl methyl sites for hydroxylation is 1. The van der Waals surface area contributed by atoms with E-state index in [0.29, 0.717) is 16.9 Å². The minimum absolute atomic E-state index is 0.0676. The van der Waals surface area contributed by atoms with Crippen LogP contribution in [0.1, 0.15) is 23.6 Å². The first-order chi connectivity index (χ1) is 12.8. The molecular weight excluding hydrogens is 350 g/mol. The highest BCUT2D eigenvalue weighted by Gasteiger charge is 2.49. The van der Waals surface area contributed by atoms with Gasteiger partial charge in [-0.15, -0.1) is 0 Å². The molecule has 1 atom stereocenters. The van der Waals surface area contributed by atoms with Gasteiger partial charge in [-0.1, -0.05) is 17.7 Å². The lowest BCUT2D eigenvalue weighted by molar-refractivity contribution is -0.384. The second kappa shape index (κ2) is 6.71. The van der Waals surface area contributed by atoms with Gasteiger partial charge in [0.05, 0.1) is 18.6 Å². The van der Waals surface area contributed by atoms with E-state index >= 15 is 0 Å². The number of benzene rings is 2. The first-order valence-electron chi connectivity index (χ1n) is 8.29. The Balaban J connectivity index is 1.90. The van der Waals surface area contributed by atoms with Crippen molar-refractivity contribution in [2.24, 2.45) is 0 Å². The van der Waals surface area contributed by atoms with Crippen LogP contribution in [0.15, 0.2) is 42.5 Å². The van der Waals surface area contributed by atoms with E-state index in [1.165, 1.54) is 31.4 Å². The zero-order chi connectivity index (χ0) is 19.8. The van der Waals surface area contributed by atoms with Crippen molar-refractivity contribution in [3.63, 3.8) is 0 Å². The number of imide groups is 1. The molecule has 1 fully saturated rings. The van der Waals surface area contributed by atoms with Gasteiger partial charge in [-0.2, -0.15) is 0 Å². The Morgan fingerprint density at radius 2 is 1.85 bits per heavy atom. The van der Waals surface area contributed by atoms with Gasteiger partial charge in [-0.05, 0) is 37.6 Å². The number of amides is 3. The molecule has 2 aromatic rings. The fourth-order valence-electron chi connectivity index (χ4n) is 3.15. The highest BCUT2D eigenvalue weighted by molar-refractivity contribution is 6.07. The molecule has 3 amide bonds. The summed E-state index contributed by atoms with van der Waals surface area (Å²) in [6, 6.07) is 10.6. The molecular formula is C19H19N3O5. The Bertz CT molecular complexity index is 925. The normalized spacial score (nSPS) is 19.1. The number of nitro groups is 1. The third-order valence-electron chi connectivity index (χ3n) is 4.69. The quantitative estimate of drug-likeness (QED) is 0.496. The number of hydrogen-bond acceptors (Lipinski definition) is 5. The molecule has 1 aliphatic rings. The van der Waals surface area contributed by atoms with Crippen LogP contribution in [0.2, 0.25) is 0 Å². The van der Waals surface area contributed by atoms with Crippen molar-refractivity contribution < 1.29 is 19.2 Å². The van der Waals surface area contributed by atoms with E-state index in [-0.39, 0.29) is 12.2 Å². The molecule has 1 N–H and O–H groups in total. The third-order valence-corrected chi connectivity index (χ3v) is 4.69. The number of nitrogens with one attached hydrogen (secondary N) is 1. The zero-order valence-corrected chi connectivity index (χ0v) is 15.2. The van der Waals surface area contributed by atoms with Gasteiger partial charge in [0, 0.05) is 17.7 Å². The van der Waals surface area contributed by atoms with E-state index in [4.69, 9.17) is 4.74 Å². The Morgan fingerprint density at radius 1 is 1.19 bits per heavy atom. The number of rotatable bonds is 5. The van der Waals surface area contributed by atoms with E-state index in [0.717, 1.165) is 10.5 Å². The largest absolute Gasteiger partial charge is 0.496 e. The van der Waals surface area contributed by atoms with Crippen molar-refractivity contribution in [1.82, 2.24) is 10.2 Å². The second-order valence-corrected chi connectivity index (χ2v) is 6.57. The molecule has 2 aromatic carbocycles. The number of nitro benzene ring substituents is 1. The van der Waals surface area contributed by atoms with Gasteiger partial charge in [-0.25, -0.2) is 4.79 Å². The molecule has 8 heteroatoms. The molecule has 1 aliphatic heterocycles. The summed E-state index contributed by atoms with van der Waals surface area (Å²) in [6.45, 7) is 3.57. The number of nitrogens with zero attached hydrogens (tertiary/aromatic N) is 2. The summed E-state index contributed by atoms with van der Waals surface area (Å²) in [5.74, 6) is 0.162. The summed E-state index contributed by atoms with van der Waals surface area (Å²) in [6.07, 6.45) is 0. The van der Waals surface area contributed by atoms with E-state index in [1.807, 2.05) is 19.1 Å². The minimum Gasteiger partial charge on any atom is -0.496 e. The van der Waals surface area contributed by atoms with Gasteiger partial charge >= 0.3 is 6.03 Å². The van der Waals surface area contributed by atoms with Crippen LogP contribution >= 0.6 is 0 Å². The molecule has 0 bridgehead atoms. The van der Waals surface area contributed by atoms with Crippen LogP contribution in [0, 0.1) is 17.0 Å². The molecule has 1 heterocycles. The van der Waals surface area contributed by atoms with E-state index < -0.39 is 22.4 Å². The Labute approximate surface area is 155 Å². The molecule has 1 saturated heterocycles. The second-order valence-electron chi connectivity index (χ2n) is 6.57. The summed E-state index contributed by atoms with van der Waals surface area (Å²) in [5, 5.41) is 13.5. The van der Waals surface area contributed by atoms with Crippen LogP contribution < -0.4 is 10.1 Å². The molecule has 0 radical (unpaired) electrons. The summed E-state index contributed by atoms with van der Waals surface area (Å²) < 4.78 is 5.32. The highest BCUT2D eigenvalue weighted by Crippen LogP contribution is 2.32. The fraction of sp³-hybridized carbons (Fsp3) is 0.263. The SMILES string of the molecule is COc1ccc(C)cc1CN1C(=O)N[C@](C)(c2ccc([N+](=O)[O-])cc2)C1=O. The van der Waals surface area contributed by atoms with Crippen LogP contribution in [-0.2, 0) is 16.9 Å². The summed E-state index contributed by atoms with van der Waals surface area (Å²) in [7, 11) is 1.53. The number of carbonyl (C=O) groups excluding carboxylic acids is 2. The van der Waals surface area contributed by atoms with Crippen molar-refractivity contribution in [3.8, 4) is 5.75 Å².